The molecule has 10 heteroatoms. The van der Waals surface area contributed by atoms with Gasteiger partial charge in [0.2, 0.25) is 0 Å². The first kappa shape index (κ1) is 22.3. The van der Waals surface area contributed by atoms with E-state index in [2.05, 4.69) is 22.8 Å². The van der Waals surface area contributed by atoms with Crippen molar-refractivity contribution in [3.05, 3.63) is 39.8 Å². The summed E-state index contributed by atoms with van der Waals surface area (Å²) in [5.41, 5.74) is 3.49. The molecule has 0 unspecified atom stereocenters. The lowest BCUT2D eigenvalue weighted by atomic mass is 9.88. The zero-order valence-corrected chi connectivity index (χ0v) is 17.9. The number of fused-ring (bicyclic) bond motifs is 1. The Bertz CT molecular complexity index is 1050. The van der Waals surface area contributed by atoms with Crippen LogP contribution in [0, 0.1) is 5.92 Å². The van der Waals surface area contributed by atoms with E-state index >= 15 is 0 Å². The van der Waals surface area contributed by atoms with Gasteiger partial charge in [-0.1, -0.05) is 6.92 Å². The largest absolute Gasteiger partial charge is 0.508 e. The summed E-state index contributed by atoms with van der Waals surface area (Å²) in [4.78, 5) is 38.0. The van der Waals surface area contributed by atoms with Crippen LogP contribution in [0.1, 0.15) is 46.6 Å². The van der Waals surface area contributed by atoms with E-state index in [1.807, 2.05) is 0 Å². The Morgan fingerprint density at radius 3 is 2.77 bits per heavy atom. The van der Waals surface area contributed by atoms with Gasteiger partial charge in [0.15, 0.2) is 0 Å². The highest BCUT2D eigenvalue weighted by Crippen LogP contribution is 2.40. The molecule has 4 N–H and O–H groups in total. The predicted molar refractivity (Wildman–Crippen MR) is 116 cm³/mol. The van der Waals surface area contributed by atoms with E-state index in [1.54, 1.807) is 6.92 Å². The molecular weight excluding hydrogens is 422 g/mol. The molecular formula is C21H23N3O6S. The first-order valence-corrected chi connectivity index (χ1v) is 10.6. The van der Waals surface area contributed by atoms with Gasteiger partial charge in [0.25, 0.3) is 0 Å². The van der Waals surface area contributed by atoms with Crippen LogP contribution in [0.15, 0.2) is 23.3 Å². The van der Waals surface area contributed by atoms with E-state index in [4.69, 9.17) is 4.74 Å². The minimum absolute atomic E-state index is 0.122. The van der Waals surface area contributed by atoms with Crippen LogP contribution < -0.4 is 10.7 Å². The zero-order chi connectivity index (χ0) is 22.5. The van der Waals surface area contributed by atoms with Gasteiger partial charge in [-0.05, 0) is 49.8 Å². The Hall–Kier alpha value is -3.40. The monoisotopic (exact) mass is 445 g/mol. The first-order valence-electron chi connectivity index (χ1n) is 9.78. The number of hydrogen-bond donors (Lipinski definition) is 4. The Balaban J connectivity index is 1.72. The Labute approximate surface area is 182 Å². The summed E-state index contributed by atoms with van der Waals surface area (Å²) in [7, 11) is 0. The maximum Gasteiger partial charge on any atom is 0.341 e. The highest BCUT2D eigenvalue weighted by molar-refractivity contribution is 7.17. The van der Waals surface area contributed by atoms with E-state index in [1.165, 1.54) is 23.5 Å². The Morgan fingerprint density at radius 1 is 1.29 bits per heavy atom. The number of nitrogens with one attached hydrogen (secondary N) is 2. The maximum absolute atomic E-state index is 12.5. The van der Waals surface area contributed by atoms with Crippen LogP contribution >= 0.6 is 11.3 Å². The third-order valence-electron chi connectivity index (χ3n) is 4.81. The molecule has 0 saturated heterocycles. The van der Waals surface area contributed by atoms with Gasteiger partial charge in [-0.15, -0.1) is 11.3 Å². The van der Waals surface area contributed by atoms with Crippen molar-refractivity contribution < 1.29 is 29.3 Å². The van der Waals surface area contributed by atoms with Crippen LogP contribution in [-0.2, 0) is 27.2 Å². The summed E-state index contributed by atoms with van der Waals surface area (Å²) in [6.45, 7) is 4.03. The fraction of sp³-hybridized carbons (Fsp3) is 0.333. The third-order valence-corrected chi connectivity index (χ3v) is 5.98. The molecule has 1 aliphatic carbocycles. The molecule has 2 amide bonds. The smallest absolute Gasteiger partial charge is 0.341 e. The maximum atomic E-state index is 12.5. The van der Waals surface area contributed by atoms with Crippen LogP contribution in [0.2, 0.25) is 0 Å². The number of anilines is 1. The van der Waals surface area contributed by atoms with Gasteiger partial charge in [0.05, 0.1) is 18.4 Å². The number of phenolic OH excluding ortho intramolecular Hbond substituents is 2. The normalized spacial score (nSPS) is 15.4. The second-order valence-corrected chi connectivity index (χ2v) is 8.28. The minimum Gasteiger partial charge on any atom is -0.508 e. The molecule has 9 nitrogen and oxygen atoms in total. The fourth-order valence-electron chi connectivity index (χ4n) is 3.27. The number of ether oxygens (including phenoxy) is 1. The van der Waals surface area contributed by atoms with Gasteiger partial charge < -0.3 is 20.3 Å². The van der Waals surface area contributed by atoms with Crippen molar-refractivity contribution in [3.8, 4) is 11.5 Å². The van der Waals surface area contributed by atoms with E-state index in [-0.39, 0.29) is 28.7 Å². The van der Waals surface area contributed by atoms with Crippen molar-refractivity contribution in [2.45, 2.75) is 33.1 Å². The quantitative estimate of drug-likeness (QED) is 0.242. The van der Waals surface area contributed by atoms with Crippen molar-refractivity contribution >= 4 is 40.3 Å². The van der Waals surface area contributed by atoms with E-state index < -0.39 is 17.8 Å². The van der Waals surface area contributed by atoms with Crippen molar-refractivity contribution in [1.29, 1.82) is 0 Å². The lowest BCUT2D eigenvalue weighted by Crippen LogP contribution is -2.32. The topological polar surface area (TPSA) is 137 Å². The number of hydrogen-bond acceptors (Lipinski definition) is 8. The number of aromatic hydroxyl groups is 2. The lowest BCUT2D eigenvalue weighted by molar-refractivity contribution is -0.136. The Kier molecular flexibility index (Phi) is 6.91. The molecule has 31 heavy (non-hydrogen) atoms. The number of amides is 2. The average molecular weight is 445 g/mol. The standard InChI is InChI=1S/C21H23N3O6S/c1-3-30-21(29)17-14-7-4-11(2)8-16(14)31-20(17)23-18(27)19(28)24-22-10-12-5-6-13(25)9-15(12)26/h5-6,9-11,25-26H,3-4,7-8H2,1-2H3,(H,23,27)(H,24,28)/b22-10-/t11-/m1/s1. The second kappa shape index (κ2) is 9.61. The first-order chi connectivity index (χ1) is 14.8. The van der Waals surface area contributed by atoms with Gasteiger partial charge >= 0.3 is 17.8 Å². The molecule has 1 aliphatic rings. The summed E-state index contributed by atoms with van der Waals surface area (Å²) in [5, 5.41) is 25.4. The molecule has 0 saturated carbocycles. The summed E-state index contributed by atoms with van der Waals surface area (Å²) >= 11 is 1.28. The number of esters is 1. The van der Waals surface area contributed by atoms with Crippen molar-refractivity contribution in [1.82, 2.24) is 5.43 Å². The molecule has 1 aromatic heterocycles. The third kappa shape index (κ3) is 5.21. The molecule has 0 aliphatic heterocycles. The fourth-order valence-corrected chi connectivity index (χ4v) is 4.66. The number of thiophene rings is 1. The number of carbonyl (C=O) groups is 3. The summed E-state index contributed by atoms with van der Waals surface area (Å²) < 4.78 is 5.15. The van der Waals surface area contributed by atoms with E-state index in [0.29, 0.717) is 17.9 Å². The van der Waals surface area contributed by atoms with Crippen LogP contribution in [0.3, 0.4) is 0 Å². The van der Waals surface area contributed by atoms with Gasteiger partial charge in [-0.25, -0.2) is 10.2 Å². The minimum atomic E-state index is -1.04. The lowest BCUT2D eigenvalue weighted by Gasteiger charge is -2.18. The molecule has 0 bridgehead atoms. The average Bonchev–Trinajstić information content (AvgIpc) is 3.06. The van der Waals surface area contributed by atoms with Crippen LogP contribution in [0.5, 0.6) is 11.5 Å². The molecule has 1 aromatic carbocycles. The number of rotatable bonds is 5. The highest BCUT2D eigenvalue weighted by atomic mass is 32.1. The summed E-state index contributed by atoms with van der Waals surface area (Å²) in [6, 6.07) is 3.85. The van der Waals surface area contributed by atoms with Gasteiger partial charge in [0, 0.05) is 16.5 Å². The number of hydrazone groups is 1. The zero-order valence-electron chi connectivity index (χ0n) is 17.1. The molecule has 3 rings (SSSR count). The van der Waals surface area contributed by atoms with Gasteiger partial charge in [-0.3, -0.25) is 9.59 Å². The SMILES string of the molecule is CCOC(=O)c1c(NC(=O)C(=O)N/N=C\c2ccc(O)cc2O)sc2c1CC[C@@H](C)C2. The molecule has 164 valence electrons. The van der Waals surface area contributed by atoms with Crippen LogP contribution in [0.25, 0.3) is 0 Å². The number of phenols is 2. The Morgan fingerprint density at radius 2 is 2.06 bits per heavy atom. The van der Waals surface area contributed by atoms with Crippen LogP contribution in [-0.4, -0.2) is 40.8 Å². The van der Waals surface area contributed by atoms with Crippen molar-refractivity contribution in [2.24, 2.45) is 11.0 Å². The molecule has 1 heterocycles. The van der Waals surface area contributed by atoms with Crippen molar-refractivity contribution in [2.75, 3.05) is 11.9 Å². The van der Waals surface area contributed by atoms with Gasteiger partial charge in [-0.2, -0.15) is 5.10 Å². The number of carbonyl (C=O) groups excluding carboxylic acids is 3. The van der Waals surface area contributed by atoms with Gasteiger partial charge in [0.1, 0.15) is 16.5 Å². The van der Waals surface area contributed by atoms with Crippen LogP contribution in [0.4, 0.5) is 5.00 Å². The molecule has 0 spiro atoms. The summed E-state index contributed by atoms with van der Waals surface area (Å²) in [6.07, 6.45) is 3.58. The highest BCUT2D eigenvalue weighted by Gasteiger charge is 2.30. The number of benzene rings is 1. The molecule has 0 radical (unpaired) electrons. The van der Waals surface area contributed by atoms with E-state index in [9.17, 15) is 24.6 Å². The number of nitrogens with zero attached hydrogens (tertiary/aromatic N) is 1. The van der Waals surface area contributed by atoms with E-state index in [0.717, 1.165) is 35.6 Å². The molecule has 0 fully saturated rings. The summed E-state index contributed by atoms with van der Waals surface area (Å²) in [5.74, 6) is -2.43. The molecule has 2 aromatic rings. The van der Waals surface area contributed by atoms with Crippen molar-refractivity contribution in [3.63, 3.8) is 0 Å². The predicted octanol–water partition coefficient (Wildman–Crippen LogP) is 2.55. The second-order valence-electron chi connectivity index (χ2n) is 7.17. The molecule has 1 atom stereocenters.